The molecule has 0 spiro atoms. The molecule has 2 nitrogen and oxygen atoms in total. The van der Waals surface area contributed by atoms with Gasteiger partial charge in [0.25, 0.3) is 0 Å². The predicted molar refractivity (Wildman–Crippen MR) is 72.1 cm³/mol. The molecule has 24 heavy (non-hydrogen) atoms. The highest BCUT2D eigenvalue weighted by Gasteiger charge is 2.26. The van der Waals surface area contributed by atoms with Gasteiger partial charge in [-0.05, 0) is 31.9 Å². The van der Waals surface area contributed by atoms with Crippen LogP contribution in [0.25, 0.3) is 0 Å². The van der Waals surface area contributed by atoms with Gasteiger partial charge in [-0.1, -0.05) is 0 Å². The van der Waals surface area contributed by atoms with Gasteiger partial charge in [0.15, 0.2) is 46.5 Å². The topological polar surface area (TPSA) is 24.7 Å². The second-order valence-electron chi connectivity index (χ2n) is 4.04. The Balaban J connectivity index is 2.67. The molecule has 0 saturated heterocycles. The molecular formula is C12Br2F8N2. The predicted octanol–water partition coefficient (Wildman–Crippen LogP) is 6.74. The molecule has 0 aromatic heterocycles. The molecule has 12 heteroatoms. The highest BCUT2D eigenvalue weighted by Crippen LogP contribution is 2.39. The fourth-order valence-electron chi connectivity index (χ4n) is 1.46. The highest BCUT2D eigenvalue weighted by molar-refractivity contribution is 9.11. The number of hydrogen-bond donors (Lipinski definition) is 0. The van der Waals surface area contributed by atoms with Crippen LogP contribution in [-0.4, -0.2) is 0 Å². The van der Waals surface area contributed by atoms with Gasteiger partial charge in [0.1, 0.15) is 11.4 Å². The molecular weight excluding hydrogens is 484 g/mol. The van der Waals surface area contributed by atoms with Gasteiger partial charge in [0, 0.05) is 0 Å². The van der Waals surface area contributed by atoms with Crippen molar-refractivity contribution in [1.82, 2.24) is 0 Å². The van der Waals surface area contributed by atoms with Crippen LogP contribution in [0.15, 0.2) is 19.2 Å². The van der Waals surface area contributed by atoms with Crippen LogP contribution in [-0.2, 0) is 0 Å². The van der Waals surface area contributed by atoms with Crippen molar-refractivity contribution in [3.8, 4) is 0 Å². The Morgan fingerprint density at radius 2 is 0.667 bits per heavy atom. The Kier molecular flexibility index (Phi) is 5.28. The van der Waals surface area contributed by atoms with E-state index in [0.717, 1.165) is 0 Å². The Morgan fingerprint density at radius 3 is 0.958 bits per heavy atom. The third-order valence-corrected chi connectivity index (χ3v) is 4.07. The fraction of sp³-hybridized carbons (Fsp3) is 0. The number of azo groups is 1. The minimum atomic E-state index is -2.24. The van der Waals surface area contributed by atoms with E-state index in [1.54, 1.807) is 0 Å². The van der Waals surface area contributed by atoms with Crippen LogP contribution in [0.2, 0.25) is 0 Å². The molecule has 0 heterocycles. The number of benzene rings is 2. The van der Waals surface area contributed by atoms with Crippen molar-refractivity contribution in [1.29, 1.82) is 0 Å². The van der Waals surface area contributed by atoms with Gasteiger partial charge in [-0.3, -0.25) is 0 Å². The van der Waals surface area contributed by atoms with E-state index in [4.69, 9.17) is 0 Å². The van der Waals surface area contributed by atoms with Crippen molar-refractivity contribution in [2.75, 3.05) is 0 Å². The van der Waals surface area contributed by atoms with E-state index >= 15 is 0 Å². The van der Waals surface area contributed by atoms with Crippen LogP contribution in [0.3, 0.4) is 0 Å². The monoisotopic (exact) mass is 482 g/mol. The standard InChI is InChI=1S/C12Br2F8N2/c13-1-3(15)5(17)7(19)9(21)11(1)23-24-12-2(14)4(16)6(18)8(20)10(12)22. The maximum absolute atomic E-state index is 13.6. The van der Waals surface area contributed by atoms with E-state index in [9.17, 15) is 35.1 Å². The van der Waals surface area contributed by atoms with Crippen molar-refractivity contribution in [3.05, 3.63) is 55.5 Å². The van der Waals surface area contributed by atoms with E-state index in [1.807, 2.05) is 0 Å². The summed E-state index contributed by atoms with van der Waals surface area (Å²) in [5, 5.41) is 5.81. The Morgan fingerprint density at radius 1 is 0.417 bits per heavy atom. The maximum Gasteiger partial charge on any atom is 0.199 e. The third-order valence-electron chi connectivity index (χ3n) is 2.62. The lowest BCUT2D eigenvalue weighted by Crippen LogP contribution is -1.98. The Hall–Kier alpha value is -1.56. The van der Waals surface area contributed by atoms with E-state index in [0.29, 0.717) is 0 Å². The van der Waals surface area contributed by atoms with Crippen molar-refractivity contribution in [2.45, 2.75) is 0 Å². The average Bonchev–Trinajstić information content (AvgIpc) is 2.57. The average molecular weight is 484 g/mol. The molecule has 0 bridgehead atoms. The highest BCUT2D eigenvalue weighted by atomic mass is 79.9. The second-order valence-corrected chi connectivity index (χ2v) is 5.62. The molecule has 0 radical (unpaired) electrons. The normalized spacial score (nSPS) is 11.6. The van der Waals surface area contributed by atoms with Crippen LogP contribution in [0.4, 0.5) is 46.5 Å². The SMILES string of the molecule is Fc1c(F)c(F)c(N=Nc2c(F)c(F)c(F)c(F)c2Br)c(Br)c1F. The zero-order chi connectivity index (χ0) is 18.3. The number of halogens is 10. The lowest BCUT2D eigenvalue weighted by atomic mass is 10.2. The van der Waals surface area contributed by atoms with E-state index in [1.165, 1.54) is 0 Å². The van der Waals surface area contributed by atoms with E-state index < -0.39 is 66.9 Å². The van der Waals surface area contributed by atoms with Gasteiger partial charge in [-0.25, -0.2) is 35.1 Å². The van der Waals surface area contributed by atoms with Crippen molar-refractivity contribution in [2.24, 2.45) is 10.2 Å². The molecule has 0 saturated carbocycles. The molecule has 2 aromatic carbocycles. The summed E-state index contributed by atoms with van der Waals surface area (Å²) in [6, 6.07) is 0. The number of hydrogen-bond acceptors (Lipinski definition) is 2. The van der Waals surface area contributed by atoms with E-state index in [2.05, 4.69) is 42.1 Å². The smallest absolute Gasteiger partial charge is 0.199 e. The van der Waals surface area contributed by atoms with Crippen LogP contribution in [0.5, 0.6) is 0 Å². The largest absolute Gasteiger partial charge is 0.202 e. The Bertz CT molecular complexity index is 755. The van der Waals surface area contributed by atoms with Gasteiger partial charge in [0.2, 0.25) is 0 Å². The van der Waals surface area contributed by atoms with Crippen molar-refractivity contribution < 1.29 is 35.1 Å². The minimum absolute atomic E-state index is 1.01. The van der Waals surface area contributed by atoms with E-state index in [-0.39, 0.29) is 0 Å². The summed E-state index contributed by atoms with van der Waals surface area (Å²) in [5.74, 6) is -16.5. The molecule has 0 N–H and O–H groups in total. The first-order valence-corrected chi connectivity index (χ1v) is 7.12. The van der Waals surface area contributed by atoms with Gasteiger partial charge in [0.05, 0.1) is 8.95 Å². The summed E-state index contributed by atoms with van der Waals surface area (Å²) in [7, 11) is 0. The lowest BCUT2D eigenvalue weighted by molar-refractivity contribution is 0.406. The molecule has 0 aliphatic carbocycles. The molecule has 0 aliphatic heterocycles. The molecule has 0 fully saturated rings. The fourth-order valence-corrected chi connectivity index (χ4v) is 2.32. The Labute approximate surface area is 144 Å². The van der Waals surface area contributed by atoms with Crippen LogP contribution in [0.1, 0.15) is 0 Å². The summed E-state index contributed by atoms with van der Waals surface area (Å²) in [5.41, 5.74) is -2.49. The zero-order valence-electron chi connectivity index (χ0n) is 10.7. The van der Waals surface area contributed by atoms with Gasteiger partial charge >= 0.3 is 0 Å². The first-order chi connectivity index (χ1) is 11.1. The molecule has 128 valence electrons. The summed E-state index contributed by atoms with van der Waals surface area (Å²) < 4.78 is 104. The third kappa shape index (κ3) is 2.92. The van der Waals surface area contributed by atoms with Crippen molar-refractivity contribution in [3.63, 3.8) is 0 Å². The molecule has 0 amide bonds. The van der Waals surface area contributed by atoms with Crippen LogP contribution in [0, 0.1) is 46.5 Å². The molecule has 0 unspecified atom stereocenters. The first-order valence-electron chi connectivity index (χ1n) is 5.54. The van der Waals surface area contributed by atoms with Crippen LogP contribution >= 0.6 is 31.9 Å². The second kappa shape index (κ2) is 6.75. The number of rotatable bonds is 2. The van der Waals surface area contributed by atoms with Gasteiger partial charge in [-0.15, -0.1) is 10.2 Å². The molecule has 2 rings (SSSR count). The summed E-state index contributed by atoms with van der Waals surface area (Å²) in [4.78, 5) is 0. The number of nitrogens with zero attached hydrogens (tertiary/aromatic N) is 2. The zero-order valence-corrected chi connectivity index (χ0v) is 13.8. The molecule has 0 atom stereocenters. The van der Waals surface area contributed by atoms with Crippen molar-refractivity contribution >= 4 is 43.2 Å². The summed E-state index contributed by atoms with van der Waals surface area (Å²) in [6.07, 6.45) is 0. The molecule has 0 aliphatic rings. The quantitative estimate of drug-likeness (QED) is 0.195. The molecule has 2 aromatic rings. The first kappa shape index (κ1) is 18.8. The lowest BCUT2D eigenvalue weighted by Gasteiger charge is -2.06. The summed E-state index contributed by atoms with van der Waals surface area (Å²) >= 11 is 4.76. The summed E-state index contributed by atoms with van der Waals surface area (Å²) in [6.45, 7) is 0. The minimum Gasteiger partial charge on any atom is -0.202 e. The van der Waals surface area contributed by atoms with Gasteiger partial charge in [-0.2, -0.15) is 0 Å². The van der Waals surface area contributed by atoms with Gasteiger partial charge < -0.3 is 0 Å². The van der Waals surface area contributed by atoms with Crippen LogP contribution < -0.4 is 0 Å². The maximum atomic E-state index is 13.6.